The normalized spacial score (nSPS) is 11.0. The smallest absolute Gasteiger partial charge is 0.267 e. The van der Waals surface area contributed by atoms with Crippen molar-refractivity contribution < 1.29 is 4.79 Å². The molecule has 0 saturated carbocycles. The average molecular weight is 356 g/mol. The number of nitrogens with zero attached hydrogens (tertiary/aromatic N) is 2. The maximum absolute atomic E-state index is 12.5. The molecule has 0 fully saturated rings. The van der Waals surface area contributed by atoms with Crippen LogP contribution in [0.25, 0.3) is 21.0 Å². The van der Waals surface area contributed by atoms with Gasteiger partial charge in [-0.25, -0.2) is 9.66 Å². The van der Waals surface area contributed by atoms with Crippen LogP contribution in [0.15, 0.2) is 59.7 Å². The van der Waals surface area contributed by atoms with E-state index < -0.39 is 5.91 Å². The Kier molecular flexibility index (Phi) is 3.55. The first-order valence-electron chi connectivity index (χ1n) is 7.10. The molecule has 0 aliphatic rings. The van der Waals surface area contributed by atoms with E-state index in [0.717, 1.165) is 14.8 Å². The lowest BCUT2D eigenvalue weighted by atomic mass is 10.2. The Morgan fingerprint density at radius 3 is 2.58 bits per heavy atom. The number of halogens is 1. The van der Waals surface area contributed by atoms with Crippen LogP contribution in [0.1, 0.15) is 9.67 Å². The Bertz CT molecular complexity index is 1150. The van der Waals surface area contributed by atoms with Crippen LogP contribution in [-0.2, 0) is 0 Å². The molecule has 24 heavy (non-hydrogen) atoms. The zero-order chi connectivity index (χ0) is 16.7. The number of rotatable bonds is 2. The molecule has 0 unspecified atom stereocenters. The molecule has 4 aromatic rings. The fourth-order valence-electron chi connectivity index (χ4n) is 2.47. The molecular formula is C17H10ClN3O2S. The van der Waals surface area contributed by atoms with Crippen LogP contribution in [0.2, 0.25) is 5.02 Å². The minimum Gasteiger partial charge on any atom is -0.267 e. The first-order chi connectivity index (χ1) is 11.6. The lowest BCUT2D eigenvalue weighted by molar-refractivity contribution is 0.101. The van der Waals surface area contributed by atoms with E-state index >= 15 is 0 Å². The van der Waals surface area contributed by atoms with Crippen molar-refractivity contribution in [1.82, 2.24) is 9.66 Å². The molecule has 2 aromatic heterocycles. The molecule has 4 rings (SSSR count). The summed E-state index contributed by atoms with van der Waals surface area (Å²) in [6.07, 6.45) is 1.30. The largest absolute Gasteiger partial charge is 0.281 e. The number of hydrogen-bond acceptors (Lipinski definition) is 4. The second-order valence-corrected chi connectivity index (χ2v) is 6.55. The van der Waals surface area contributed by atoms with E-state index in [4.69, 9.17) is 11.6 Å². The third-order valence-electron chi connectivity index (χ3n) is 3.63. The van der Waals surface area contributed by atoms with Crippen LogP contribution in [0.4, 0.5) is 0 Å². The van der Waals surface area contributed by atoms with E-state index in [-0.39, 0.29) is 5.56 Å². The number of fused-ring (bicyclic) bond motifs is 2. The van der Waals surface area contributed by atoms with Crippen LogP contribution in [-0.4, -0.2) is 15.6 Å². The SMILES string of the molecule is O=C(Nn1cnc2ccccc2c1=O)c1sc2ccccc2c1Cl. The first kappa shape index (κ1) is 14.9. The third-order valence-corrected chi connectivity index (χ3v) is 5.30. The summed E-state index contributed by atoms with van der Waals surface area (Å²) in [4.78, 5) is 29.5. The van der Waals surface area contributed by atoms with Gasteiger partial charge in [-0.3, -0.25) is 15.0 Å². The molecule has 118 valence electrons. The molecule has 0 bridgehead atoms. The minimum absolute atomic E-state index is 0.341. The zero-order valence-electron chi connectivity index (χ0n) is 12.2. The predicted octanol–water partition coefficient (Wildman–Crippen LogP) is 3.65. The number of carbonyl (C=O) groups excluding carboxylic acids is 1. The summed E-state index contributed by atoms with van der Waals surface area (Å²) >= 11 is 7.58. The van der Waals surface area contributed by atoms with E-state index in [1.54, 1.807) is 24.3 Å². The van der Waals surface area contributed by atoms with Crippen LogP contribution in [0, 0.1) is 0 Å². The van der Waals surface area contributed by atoms with Crippen molar-refractivity contribution in [1.29, 1.82) is 0 Å². The number of hydrogen-bond donors (Lipinski definition) is 1. The summed E-state index contributed by atoms with van der Waals surface area (Å²) in [5.74, 6) is -0.444. The van der Waals surface area contributed by atoms with Gasteiger partial charge in [0.25, 0.3) is 11.5 Å². The van der Waals surface area contributed by atoms with Gasteiger partial charge in [-0.15, -0.1) is 11.3 Å². The molecule has 1 amide bonds. The molecule has 2 heterocycles. The van der Waals surface area contributed by atoms with Gasteiger partial charge >= 0.3 is 0 Å². The lowest BCUT2D eigenvalue weighted by Crippen LogP contribution is -2.33. The van der Waals surface area contributed by atoms with Crippen molar-refractivity contribution in [2.45, 2.75) is 0 Å². The molecule has 0 aliphatic carbocycles. The molecule has 0 saturated heterocycles. The third kappa shape index (κ3) is 2.36. The van der Waals surface area contributed by atoms with Crippen LogP contribution in [0.3, 0.4) is 0 Å². The monoisotopic (exact) mass is 355 g/mol. The van der Waals surface area contributed by atoms with Crippen molar-refractivity contribution in [3.8, 4) is 0 Å². The van der Waals surface area contributed by atoms with Gasteiger partial charge in [-0.05, 0) is 18.2 Å². The molecule has 0 spiro atoms. The molecule has 1 N–H and O–H groups in total. The Morgan fingerprint density at radius 1 is 1.08 bits per heavy atom. The van der Waals surface area contributed by atoms with Gasteiger partial charge in [0.2, 0.25) is 0 Å². The van der Waals surface area contributed by atoms with E-state index in [1.807, 2.05) is 24.3 Å². The molecule has 0 aliphatic heterocycles. The quantitative estimate of drug-likeness (QED) is 0.597. The van der Waals surface area contributed by atoms with E-state index in [1.165, 1.54) is 17.7 Å². The van der Waals surface area contributed by atoms with Gasteiger partial charge in [-0.2, -0.15) is 0 Å². The van der Waals surface area contributed by atoms with E-state index in [2.05, 4.69) is 10.4 Å². The van der Waals surface area contributed by atoms with Crippen LogP contribution in [0.5, 0.6) is 0 Å². The second-order valence-electron chi connectivity index (χ2n) is 5.12. The lowest BCUT2D eigenvalue weighted by Gasteiger charge is -2.07. The number of carbonyl (C=O) groups is 1. The van der Waals surface area contributed by atoms with Crippen molar-refractivity contribution in [3.05, 3.63) is 75.1 Å². The summed E-state index contributed by atoms with van der Waals surface area (Å²) in [5.41, 5.74) is 2.78. The standard InChI is InChI=1S/C17H10ClN3O2S/c18-14-11-6-2-4-8-13(11)24-15(14)16(22)20-21-9-19-12-7-3-1-5-10(12)17(21)23/h1-9H,(H,20,22). The molecule has 7 heteroatoms. The number of thiophene rings is 1. The average Bonchev–Trinajstić information content (AvgIpc) is 2.95. The highest BCUT2D eigenvalue weighted by molar-refractivity contribution is 7.21. The van der Waals surface area contributed by atoms with Crippen LogP contribution < -0.4 is 11.0 Å². The van der Waals surface area contributed by atoms with Gasteiger partial charge in [0, 0.05) is 10.1 Å². The predicted molar refractivity (Wildman–Crippen MR) is 96.5 cm³/mol. The highest BCUT2D eigenvalue weighted by Crippen LogP contribution is 2.35. The van der Waals surface area contributed by atoms with Crippen molar-refractivity contribution in [2.24, 2.45) is 0 Å². The van der Waals surface area contributed by atoms with Crippen molar-refractivity contribution >= 4 is 49.8 Å². The summed E-state index contributed by atoms with van der Waals surface area (Å²) in [6, 6.07) is 14.5. The summed E-state index contributed by atoms with van der Waals surface area (Å²) < 4.78 is 1.99. The molecule has 0 atom stereocenters. The topological polar surface area (TPSA) is 64.0 Å². The highest BCUT2D eigenvalue weighted by atomic mass is 35.5. The summed E-state index contributed by atoms with van der Waals surface area (Å²) in [7, 11) is 0. The van der Waals surface area contributed by atoms with Crippen molar-refractivity contribution in [3.63, 3.8) is 0 Å². The van der Waals surface area contributed by atoms with Gasteiger partial charge in [-0.1, -0.05) is 41.9 Å². The fourth-order valence-corrected chi connectivity index (χ4v) is 3.88. The number of nitrogens with one attached hydrogen (secondary N) is 1. The maximum Gasteiger partial charge on any atom is 0.281 e. The van der Waals surface area contributed by atoms with Gasteiger partial charge in [0.15, 0.2) is 0 Å². The Hall–Kier alpha value is -2.70. The van der Waals surface area contributed by atoms with E-state index in [0.29, 0.717) is 20.8 Å². The molecule has 2 aromatic carbocycles. The number of aromatic nitrogens is 2. The second kappa shape index (κ2) is 5.74. The molecular weight excluding hydrogens is 346 g/mol. The van der Waals surface area contributed by atoms with Crippen molar-refractivity contribution in [2.75, 3.05) is 5.43 Å². The Labute approximate surface area is 145 Å². The van der Waals surface area contributed by atoms with Gasteiger partial charge < -0.3 is 0 Å². The number of para-hydroxylation sites is 1. The Morgan fingerprint density at radius 2 is 1.79 bits per heavy atom. The Balaban J connectivity index is 1.75. The van der Waals surface area contributed by atoms with Gasteiger partial charge in [0.05, 0.1) is 15.9 Å². The summed E-state index contributed by atoms with van der Waals surface area (Å²) in [6.45, 7) is 0. The number of benzene rings is 2. The maximum atomic E-state index is 12.5. The highest BCUT2D eigenvalue weighted by Gasteiger charge is 2.17. The van der Waals surface area contributed by atoms with Crippen LogP contribution >= 0.6 is 22.9 Å². The van der Waals surface area contributed by atoms with Gasteiger partial charge in [0.1, 0.15) is 11.2 Å². The molecule has 0 radical (unpaired) electrons. The first-order valence-corrected chi connectivity index (χ1v) is 8.29. The molecule has 5 nitrogen and oxygen atoms in total. The minimum atomic E-state index is -0.444. The number of amides is 1. The zero-order valence-corrected chi connectivity index (χ0v) is 13.8. The van der Waals surface area contributed by atoms with E-state index in [9.17, 15) is 9.59 Å². The summed E-state index contributed by atoms with van der Waals surface area (Å²) in [5, 5.41) is 1.64. The fraction of sp³-hybridized carbons (Fsp3) is 0.